The third kappa shape index (κ3) is 7.14. The highest BCUT2D eigenvalue weighted by molar-refractivity contribution is 6.31. The predicted molar refractivity (Wildman–Crippen MR) is 159 cm³/mol. The molecule has 0 bridgehead atoms. The van der Waals surface area contributed by atoms with Crippen LogP contribution in [0.25, 0.3) is 16.9 Å². The summed E-state index contributed by atoms with van der Waals surface area (Å²) in [6, 6.07) is 17.4. The number of aromatic nitrogens is 3. The van der Waals surface area contributed by atoms with E-state index in [-0.39, 0.29) is 5.15 Å². The van der Waals surface area contributed by atoms with Gasteiger partial charge in [-0.2, -0.15) is 5.10 Å². The van der Waals surface area contributed by atoms with Crippen molar-refractivity contribution in [1.82, 2.24) is 14.8 Å². The van der Waals surface area contributed by atoms with E-state index in [1.54, 1.807) is 12.1 Å². The lowest BCUT2D eigenvalue weighted by Crippen LogP contribution is -2.15. The number of halogens is 1. The van der Waals surface area contributed by atoms with E-state index in [9.17, 15) is 9.59 Å². The maximum Gasteiger partial charge on any atom is 0.269 e. The number of aliphatic hydroxyl groups excluding tert-OH is 1. The second-order valence-corrected chi connectivity index (χ2v) is 9.08. The van der Waals surface area contributed by atoms with Crippen molar-refractivity contribution in [2.24, 2.45) is 5.73 Å². The molecule has 4 aromatic rings. The average molecular weight is 558 g/mol. The van der Waals surface area contributed by atoms with Crippen molar-refractivity contribution in [3.05, 3.63) is 93.9 Å². The van der Waals surface area contributed by atoms with Gasteiger partial charge in [-0.25, -0.2) is 9.67 Å². The molecule has 9 heteroatoms. The minimum absolute atomic E-state index is 0.257. The van der Waals surface area contributed by atoms with Crippen LogP contribution in [0.5, 0.6) is 0 Å². The summed E-state index contributed by atoms with van der Waals surface area (Å²) in [4.78, 5) is 25.8. The molecule has 2 aromatic heterocycles. The number of anilines is 1. The van der Waals surface area contributed by atoms with Crippen LogP contribution in [0.4, 0.5) is 5.69 Å². The van der Waals surface area contributed by atoms with Crippen molar-refractivity contribution in [2.45, 2.75) is 33.1 Å². The molecule has 0 fully saturated rings. The quantitative estimate of drug-likeness (QED) is 0.178. The number of nitrogens with zero attached hydrogens (tertiary/aromatic N) is 3. The number of benzene rings is 2. The average Bonchev–Trinajstić information content (AvgIpc) is 3.39. The molecule has 2 heterocycles. The van der Waals surface area contributed by atoms with Crippen molar-refractivity contribution >= 4 is 29.5 Å². The normalized spacial score (nSPS) is 10.7. The summed E-state index contributed by atoms with van der Waals surface area (Å²) >= 11 is 5.48. The largest absolute Gasteiger partial charge is 0.396 e. The van der Waals surface area contributed by atoms with Gasteiger partial charge in [-0.05, 0) is 80.3 Å². The predicted octanol–water partition coefficient (Wildman–Crippen LogP) is 5.09. The molecule has 0 saturated heterocycles. The lowest BCUT2D eigenvalue weighted by atomic mass is 9.88. The zero-order chi connectivity index (χ0) is 29.1. The summed E-state index contributed by atoms with van der Waals surface area (Å²) in [5.41, 5.74) is 13.4. The Labute approximate surface area is 239 Å². The van der Waals surface area contributed by atoms with Gasteiger partial charge in [-0.15, -0.1) is 5.92 Å². The van der Waals surface area contributed by atoms with E-state index in [1.807, 2.05) is 49.8 Å². The molecule has 0 spiro atoms. The molecule has 1 aliphatic rings. The minimum atomic E-state index is -0.494. The Bertz CT molecular complexity index is 1530. The van der Waals surface area contributed by atoms with Crippen LogP contribution in [0.2, 0.25) is 5.15 Å². The van der Waals surface area contributed by atoms with Gasteiger partial charge in [-0.3, -0.25) is 9.59 Å². The van der Waals surface area contributed by atoms with Crippen LogP contribution in [0.1, 0.15) is 57.8 Å². The number of pyridine rings is 1. The van der Waals surface area contributed by atoms with Gasteiger partial charge in [-0.1, -0.05) is 30.5 Å². The van der Waals surface area contributed by atoms with Gasteiger partial charge in [0.1, 0.15) is 5.15 Å². The smallest absolute Gasteiger partial charge is 0.269 e. The number of hydrogen-bond acceptors (Lipinski definition) is 6. The number of nitrogens with two attached hydrogens (primary N) is 1. The molecule has 8 nitrogen and oxygen atoms in total. The Morgan fingerprint density at radius 2 is 1.93 bits per heavy atom. The number of nitrogens with one attached hydrogen (secondary N) is 1. The summed E-state index contributed by atoms with van der Waals surface area (Å²) < 4.78 is 1.83. The van der Waals surface area contributed by atoms with Gasteiger partial charge in [0.15, 0.2) is 12.0 Å². The number of primary amides is 1. The third-order valence-corrected chi connectivity index (χ3v) is 6.35. The van der Waals surface area contributed by atoms with Crippen LogP contribution in [0.3, 0.4) is 0 Å². The zero-order valence-electron chi connectivity index (χ0n) is 22.7. The second kappa shape index (κ2) is 14.6. The fraction of sp³-hybridized carbons (Fsp3) is 0.226. The van der Waals surface area contributed by atoms with Gasteiger partial charge in [0.25, 0.3) is 5.91 Å². The Morgan fingerprint density at radius 1 is 1.20 bits per heavy atom. The minimum Gasteiger partial charge on any atom is -0.396 e. The van der Waals surface area contributed by atoms with Gasteiger partial charge in [0, 0.05) is 42.2 Å². The summed E-state index contributed by atoms with van der Waals surface area (Å²) in [7, 11) is 1.89. The fourth-order valence-electron chi connectivity index (χ4n) is 4.10. The standard InChI is InChI=1S/C22H20N4O.C6H4ClNO.C3H8O/c1-3-4-14-5-10-17(11-6-14)26-21-18(20(25-26)22(23)27)12-8-15-7-9-16(24-2)13-19(15)21;7-6-5(4-9)2-1-3-8-6;1-2-3-4/h5-7,9-11,13,24H,8,12H2,1-2H3,(H2,23,27);1-4H;4H,2-3H2,1H3. The van der Waals surface area contributed by atoms with Crippen LogP contribution in [0, 0.1) is 11.8 Å². The summed E-state index contributed by atoms with van der Waals surface area (Å²) in [6.07, 6.45) is 4.70. The molecule has 0 aliphatic heterocycles. The first-order valence-corrected chi connectivity index (χ1v) is 13.2. The number of aryl methyl sites for hydroxylation is 1. The number of fused-ring (bicyclic) bond motifs is 3. The highest BCUT2D eigenvalue weighted by Gasteiger charge is 2.28. The molecule has 0 atom stereocenters. The first kappa shape index (κ1) is 30.1. The van der Waals surface area contributed by atoms with Gasteiger partial charge < -0.3 is 16.2 Å². The lowest BCUT2D eigenvalue weighted by Gasteiger charge is -2.20. The SMILES string of the molecule is CC#Cc1ccc(-n2nc(C(N)=O)c3c2-c2cc(NC)ccc2CC3)cc1.CCCO.O=Cc1cccnc1Cl. The molecule has 206 valence electrons. The Balaban J connectivity index is 0.000000282. The Hall–Kier alpha value is -4.45. The van der Waals surface area contributed by atoms with E-state index < -0.39 is 5.91 Å². The van der Waals surface area contributed by atoms with E-state index in [0.29, 0.717) is 24.2 Å². The molecular weight excluding hydrogens is 526 g/mol. The molecule has 1 aliphatic carbocycles. The van der Waals surface area contributed by atoms with E-state index >= 15 is 0 Å². The van der Waals surface area contributed by atoms with Crippen molar-refractivity contribution < 1.29 is 14.7 Å². The van der Waals surface area contributed by atoms with Gasteiger partial charge in [0.05, 0.1) is 16.9 Å². The molecule has 5 rings (SSSR count). The number of carbonyl (C=O) groups excluding carboxylic acids is 2. The highest BCUT2D eigenvalue weighted by Crippen LogP contribution is 2.38. The second-order valence-electron chi connectivity index (χ2n) is 8.72. The first-order valence-electron chi connectivity index (χ1n) is 12.8. The van der Waals surface area contributed by atoms with Crippen LogP contribution in [-0.2, 0) is 12.8 Å². The zero-order valence-corrected chi connectivity index (χ0v) is 23.5. The van der Waals surface area contributed by atoms with Crippen molar-refractivity contribution in [3.8, 4) is 28.8 Å². The number of hydrogen-bond donors (Lipinski definition) is 3. The van der Waals surface area contributed by atoms with E-state index in [4.69, 9.17) is 22.4 Å². The first-order chi connectivity index (χ1) is 19.4. The maximum atomic E-state index is 12.0. The summed E-state index contributed by atoms with van der Waals surface area (Å²) in [5, 5.41) is 15.9. The molecule has 0 unspecified atom stereocenters. The fourth-order valence-corrected chi connectivity index (χ4v) is 4.26. The molecule has 0 saturated carbocycles. The Kier molecular flexibility index (Phi) is 11.0. The van der Waals surface area contributed by atoms with Crippen molar-refractivity contribution in [1.29, 1.82) is 0 Å². The van der Waals surface area contributed by atoms with Crippen LogP contribution in [0.15, 0.2) is 60.8 Å². The van der Waals surface area contributed by atoms with Crippen molar-refractivity contribution in [2.75, 3.05) is 19.0 Å². The number of rotatable bonds is 5. The maximum absolute atomic E-state index is 12.0. The lowest BCUT2D eigenvalue weighted by molar-refractivity contribution is 0.0993. The van der Waals surface area contributed by atoms with Gasteiger partial charge >= 0.3 is 0 Å². The molecule has 0 radical (unpaired) electrons. The molecule has 40 heavy (non-hydrogen) atoms. The van der Waals surface area contributed by atoms with E-state index in [2.05, 4.69) is 45.4 Å². The highest BCUT2D eigenvalue weighted by atomic mass is 35.5. The number of amides is 1. The molecular formula is C31H32ClN5O3. The third-order valence-electron chi connectivity index (χ3n) is 6.03. The van der Waals surface area contributed by atoms with Crippen LogP contribution >= 0.6 is 11.6 Å². The van der Waals surface area contributed by atoms with E-state index in [0.717, 1.165) is 53.0 Å². The van der Waals surface area contributed by atoms with Crippen LogP contribution < -0.4 is 11.1 Å². The summed E-state index contributed by atoms with van der Waals surface area (Å²) in [5.74, 6) is 5.44. The monoisotopic (exact) mass is 557 g/mol. The topological polar surface area (TPSA) is 123 Å². The number of carbonyl (C=O) groups is 2. The summed E-state index contributed by atoms with van der Waals surface area (Å²) in [6.45, 7) is 4.06. The molecule has 1 amide bonds. The van der Waals surface area contributed by atoms with Crippen LogP contribution in [-0.4, -0.2) is 45.7 Å². The number of aldehydes is 1. The number of aliphatic hydroxyl groups is 1. The van der Waals surface area contributed by atoms with E-state index in [1.165, 1.54) is 11.8 Å². The Morgan fingerprint density at radius 3 is 2.48 bits per heavy atom. The molecule has 4 N–H and O–H groups in total. The molecule has 2 aromatic carbocycles. The van der Waals surface area contributed by atoms with Crippen molar-refractivity contribution in [3.63, 3.8) is 0 Å². The van der Waals surface area contributed by atoms with Gasteiger partial charge in [0.2, 0.25) is 0 Å².